The predicted molar refractivity (Wildman–Crippen MR) is 237 cm³/mol. The molecule has 6 aromatic rings. The van der Waals surface area contributed by atoms with Crippen molar-refractivity contribution in [1.82, 2.24) is 4.98 Å². The van der Waals surface area contributed by atoms with E-state index in [1.54, 1.807) is 60.7 Å². The molecule has 0 saturated heterocycles. The third-order valence-corrected chi connectivity index (χ3v) is 9.68. The smallest absolute Gasteiger partial charge is 0.417 e. The van der Waals surface area contributed by atoms with Gasteiger partial charge in [0.1, 0.15) is 35.2 Å². The molecule has 0 aliphatic heterocycles. The lowest BCUT2D eigenvalue weighted by Gasteiger charge is -2.27. The maximum absolute atomic E-state index is 13.3. The fourth-order valence-electron chi connectivity index (χ4n) is 5.53. The second-order valence-corrected chi connectivity index (χ2v) is 14.7. The van der Waals surface area contributed by atoms with Crippen LogP contribution in [0.4, 0.5) is 33.3 Å². The Morgan fingerprint density at radius 3 is 1.34 bits per heavy atom. The standard InChI is InChI=1S/2C16H13ClFNO3.C15H12F3NO4/c2*1-10(16(21)22)19(12-7-8-14(18)13(17)9-12)15(20)11-5-3-2-4-6-11;1-9(14(20)21)22-11-3-5-12(6-4-11)23-13-7-2-10(8-19-13)15(16,17)18/h2*2-10H,1H3,(H,21,22);2-9H,1H3,(H,20,21). The molecule has 1 aromatic heterocycles. The zero-order valence-corrected chi connectivity index (χ0v) is 36.7. The highest BCUT2D eigenvalue weighted by molar-refractivity contribution is 6.31. The van der Waals surface area contributed by atoms with Crippen molar-refractivity contribution in [3.8, 4) is 17.4 Å². The van der Waals surface area contributed by atoms with Crippen LogP contribution in [0.3, 0.4) is 0 Å². The van der Waals surface area contributed by atoms with Crippen molar-refractivity contribution in [3.05, 3.63) is 178 Å². The van der Waals surface area contributed by atoms with E-state index >= 15 is 0 Å². The van der Waals surface area contributed by atoms with Gasteiger partial charge in [-0.25, -0.2) is 28.1 Å². The van der Waals surface area contributed by atoms with Crippen molar-refractivity contribution in [1.29, 1.82) is 0 Å². The molecule has 3 unspecified atom stereocenters. The van der Waals surface area contributed by atoms with Crippen LogP contribution in [0.15, 0.2) is 140 Å². The Kier molecular flexibility index (Phi) is 18.3. The molecule has 20 heteroatoms. The number of ether oxygens (including phenoxy) is 2. The van der Waals surface area contributed by atoms with Gasteiger partial charge in [-0.15, -0.1) is 0 Å². The zero-order valence-electron chi connectivity index (χ0n) is 35.2. The molecule has 13 nitrogen and oxygen atoms in total. The topological polar surface area (TPSA) is 184 Å². The van der Waals surface area contributed by atoms with Gasteiger partial charge in [-0.2, -0.15) is 13.2 Å². The molecule has 0 bridgehead atoms. The van der Waals surface area contributed by atoms with Crippen molar-refractivity contribution >= 4 is 64.3 Å². The molecule has 3 atom stereocenters. The normalized spacial score (nSPS) is 12.0. The summed E-state index contributed by atoms with van der Waals surface area (Å²) in [6.07, 6.45) is -4.77. The number of pyridine rings is 1. The predicted octanol–water partition coefficient (Wildman–Crippen LogP) is 10.9. The van der Waals surface area contributed by atoms with E-state index in [1.807, 2.05) is 0 Å². The first-order chi connectivity index (χ1) is 31.6. The molecule has 2 amide bonds. The van der Waals surface area contributed by atoms with Gasteiger partial charge in [-0.3, -0.25) is 19.4 Å². The van der Waals surface area contributed by atoms with Crippen molar-refractivity contribution in [3.63, 3.8) is 0 Å². The molecule has 6 rings (SSSR count). The van der Waals surface area contributed by atoms with Crippen molar-refractivity contribution < 1.29 is 70.7 Å². The van der Waals surface area contributed by atoms with E-state index in [-0.39, 0.29) is 27.3 Å². The highest BCUT2D eigenvalue weighted by Crippen LogP contribution is 2.31. The summed E-state index contributed by atoms with van der Waals surface area (Å²) in [6.45, 7) is 4.14. The van der Waals surface area contributed by atoms with Gasteiger partial charge in [-0.1, -0.05) is 59.6 Å². The number of halogens is 7. The summed E-state index contributed by atoms with van der Waals surface area (Å²) in [7, 11) is 0. The maximum atomic E-state index is 13.3. The molecule has 0 fully saturated rings. The minimum Gasteiger partial charge on any atom is -0.480 e. The number of rotatable bonds is 13. The summed E-state index contributed by atoms with van der Waals surface area (Å²) in [5, 5.41) is 26.8. The molecule has 5 aromatic carbocycles. The van der Waals surface area contributed by atoms with Crippen LogP contribution in [-0.2, 0) is 20.6 Å². The lowest BCUT2D eigenvalue weighted by molar-refractivity contribution is -0.144. The van der Waals surface area contributed by atoms with E-state index in [0.717, 1.165) is 34.1 Å². The highest BCUT2D eigenvalue weighted by atomic mass is 35.5. The third-order valence-electron chi connectivity index (χ3n) is 9.10. The number of nitrogens with zero attached hydrogens (tertiary/aromatic N) is 3. The van der Waals surface area contributed by atoms with E-state index in [1.165, 1.54) is 69.3 Å². The van der Waals surface area contributed by atoms with Crippen LogP contribution in [0.25, 0.3) is 0 Å². The second-order valence-electron chi connectivity index (χ2n) is 13.9. The van der Waals surface area contributed by atoms with E-state index in [0.29, 0.717) is 28.8 Å². The summed E-state index contributed by atoms with van der Waals surface area (Å²) < 4.78 is 74.3. The Balaban J connectivity index is 0.000000219. The van der Waals surface area contributed by atoms with Gasteiger partial charge in [0, 0.05) is 34.8 Å². The molecule has 350 valence electrons. The number of benzene rings is 5. The quantitative estimate of drug-likeness (QED) is 0.0936. The average molecular weight is 971 g/mol. The van der Waals surface area contributed by atoms with E-state index in [2.05, 4.69) is 4.98 Å². The Bertz CT molecular complexity index is 2540. The number of carboxylic acid groups (broad SMARTS) is 3. The Hall–Kier alpha value is -7.57. The van der Waals surface area contributed by atoms with E-state index in [4.69, 9.17) is 37.8 Å². The first kappa shape index (κ1) is 52.1. The number of carbonyl (C=O) groups is 5. The summed E-state index contributed by atoms with van der Waals surface area (Å²) >= 11 is 11.5. The monoisotopic (exact) mass is 969 g/mol. The van der Waals surface area contributed by atoms with Crippen LogP contribution in [0.2, 0.25) is 10.0 Å². The van der Waals surface area contributed by atoms with Crippen LogP contribution in [-0.4, -0.2) is 68.2 Å². The number of aromatic nitrogens is 1. The summed E-state index contributed by atoms with van der Waals surface area (Å²) in [5.74, 6) is -5.07. The summed E-state index contributed by atoms with van der Waals surface area (Å²) in [5.41, 5.74) is 0.230. The molecule has 0 radical (unpaired) electrons. The summed E-state index contributed by atoms with van der Waals surface area (Å²) in [4.78, 5) is 64.2. The molecule has 0 spiro atoms. The average Bonchev–Trinajstić information content (AvgIpc) is 3.30. The molecule has 67 heavy (non-hydrogen) atoms. The van der Waals surface area contributed by atoms with E-state index in [9.17, 15) is 56.1 Å². The third kappa shape index (κ3) is 14.7. The number of carbonyl (C=O) groups excluding carboxylic acids is 2. The van der Waals surface area contributed by atoms with E-state index < -0.39 is 71.3 Å². The molecular formula is C47H38Cl2F5N3O10. The summed E-state index contributed by atoms with van der Waals surface area (Å²) in [6, 6.07) is 29.5. The molecule has 0 aliphatic rings. The lowest BCUT2D eigenvalue weighted by Crippen LogP contribution is -2.43. The van der Waals surface area contributed by atoms with Crippen LogP contribution in [0.5, 0.6) is 17.4 Å². The van der Waals surface area contributed by atoms with Gasteiger partial charge in [0.15, 0.2) is 6.10 Å². The number of anilines is 2. The van der Waals surface area contributed by atoms with Crippen LogP contribution < -0.4 is 19.3 Å². The highest BCUT2D eigenvalue weighted by Gasteiger charge is 2.32. The fraction of sp³-hybridized carbons (Fsp3) is 0.149. The number of alkyl halides is 3. The molecule has 1 heterocycles. The molecule has 0 saturated carbocycles. The zero-order chi connectivity index (χ0) is 49.6. The van der Waals surface area contributed by atoms with Crippen molar-refractivity contribution in [2.75, 3.05) is 9.80 Å². The Labute approximate surface area is 389 Å². The number of hydrogen-bond acceptors (Lipinski definition) is 8. The first-order valence-corrected chi connectivity index (χ1v) is 20.2. The van der Waals surface area contributed by atoms with Gasteiger partial charge < -0.3 is 24.8 Å². The van der Waals surface area contributed by atoms with Gasteiger partial charge in [0.2, 0.25) is 5.88 Å². The molecule has 0 aliphatic carbocycles. The van der Waals surface area contributed by atoms with Gasteiger partial charge in [0.05, 0.1) is 15.6 Å². The van der Waals surface area contributed by atoms with Crippen molar-refractivity contribution in [2.45, 2.75) is 45.1 Å². The lowest BCUT2D eigenvalue weighted by atomic mass is 10.1. The molecular weight excluding hydrogens is 932 g/mol. The van der Waals surface area contributed by atoms with Crippen LogP contribution >= 0.6 is 23.2 Å². The second kappa shape index (κ2) is 23.6. The Morgan fingerprint density at radius 2 is 1.00 bits per heavy atom. The number of amides is 2. The number of aliphatic carboxylic acids is 3. The minimum absolute atomic E-state index is 0.00516. The minimum atomic E-state index is -4.45. The van der Waals surface area contributed by atoms with Gasteiger partial charge in [0.25, 0.3) is 11.8 Å². The largest absolute Gasteiger partial charge is 0.480 e. The SMILES string of the molecule is CC(C(=O)O)N(C(=O)c1ccccc1)c1ccc(F)c(Cl)c1.CC(C(=O)O)N(C(=O)c1ccccc1)c1ccc(F)c(Cl)c1.CC(Oc1ccc(Oc2ccc(C(F)(F)F)cn2)cc1)C(=O)O. The van der Waals surface area contributed by atoms with Gasteiger partial charge in [-0.05, 0) is 112 Å². The van der Waals surface area contributed by atoms with Gasteiger partial charge >= 0.3 is 24.1 Å². The first-order valence-electron chi connectivity index (χ1n) is 19.4. The number of carboxylic acids is 3. The maximum Gasteiger partial charge on any atom is 0.417 e. The Morgan fingerprint density at radius 1 is 0.582 bits per heavy atom. The van der Waals surface area contributed by atoms with Crippen LogP contribution in [0.1, 0.15) is 47.1 Å². The van der Waals surface area contributed by atoms with Crippen LogP contribution in [0, 0.1) is 11.6 Å². The number of hydrogen-bond donors (Lipinski definition) is 3. The molecule has 3 N–H and O–H groups in total. The fourth-order valence-corrected chi connectivity index (χ4v) is 5.88. The van der Waals surface area contributed by atoms with Crippen molar-refractivity contribution in [2.24, 2.45) is 0 Å².